The first-order valence-corrected chi connectivity index (χ1v) is 18.4. The Hall–Kier alpha value is -7.04. The highest BCUT2D eigenvalue weighted by Gasteiger charge is 2.51. The molecule has 1 N–H and O–H groups in total. The maximum Gasteiger partial charge on any atom is 0.159 e. The molecule has 0 saturated heterocycles. The Kier molecular flexibility index (Phi) is 6.80. The van der Waals surface area contributed by atoms with E-state index >= 15 is 0 Å². The molecular weight excluding hydrogens is 659 g/mol. The molecule has 1 unspecified atom stereocenters. The van der Waals surface area contributed by atoms with E-state index in [-0.39, 0.29) is 0 Å². The second-order valence-electron chi connectivity index (χ2n) is 14.1. The Morgan fingerprint density at radius 1 is 0.463 bits per heavy atom. The zero-order valence-electron chi connectivity index (χ0n) is 29.3. The molecule has 8 aromatic carbocycles. The Labute approximate surface area is 313 Å². The lowest BCUT2D eigenvalue weighted by atomic mass is 9.66. The summed E-state index contributed by atoms with van der Waals surface area (Å²) in [6.07, 6.45) is -0.395. The van der Waals surface area contributed by atoms with Crippen LogP contribution in [0.15, 0.2) is 198 Å². The van der Waals surface area contributed by atoms with Crippen LogP contribution in [-0.4, -0.2) is 11.7 Å². The number of para-hydroxylation sites is 2. The van der Waals surface area contributed by atoms with Gasteiger partial charge in [0.2, 0.25) is 0 Å². The van der Waals surface area contributed by atoms with Gasteiger partial charge in [-0.3, -0.25) is 0 Å². The summed E-state index contributed by atoms with van der Waals surface area (Å²) in [5.41, 5.74) is 12.1. The van der Waals surface area contributed by atoms with Crippen LogP contribution in [0.25, 0.3) is 33.0 Å². The summed E-state index contributed by atoms with van der Waals surface area (Å²) in [5.74, 6) is 3.25. The number of aliphatic imine (C=N–C) groups is 2. The van der Waals surface area contributed by atoms with Gasteiger partial charge in [0.25, 0.3) is 0 Å². The number of hydrogen-bond acceptors (Lipinski definition) is 4. The van der Waals surface area contributed by atoms with Crippen molar-refractivity contribution in [3.8, 4) is 33.8 Å². The predicted molar refractivity (Wildman–Crippen MR) is 219 cm³/mol. The van der Waals surface area contributed by atoms with Crippen molar-refractivity contribution in [2.75, 3.05) is 0 Å². The first-order valence-electron chi connectivity index (χ1n) is 18.4. The third-order valence-corrected chi connectivity index (χ3v) is 11.2. The van der Waals surface area contributed by atoms with Gasteiger partial charge >= 0.3 is 0 Å². The standard InChI is InChI=1S/C50H33N3O/c1-2-15-34(16-3-1)47-51-48(35-30-28-33(29-31-35)37-20-12-17-32-14-4-5-18-36(32)37)53-49(52-47)39-21-13-25-43-46(39)38-19-6-7-22-40(38)50(43)41-23-8-10-26-44(41)54-45-27-11-9-24-42(45)50/h1-31,49H,(H,51,52,53). The molecule has 3 aliphatic rings. The van der Waals surface area contributed by atoms with Gasteiger partial charge < -0.3 is 10.1 Å². The highest BCUT2D eigenvalue weighted by molar-refractivity contribution is 6.13. The number of fused-ring (bicyclic) bond motifs is 10. The van der Waals surface area contributed by atoms with Crippen LogP contribution in [0.1, 0.15) is 45.1 Å². The molecule has 4 heteroatoms. The third-order valence-electron chi connectivity index (χ3n) is 11.2. The van der Waals surface area contributed by atoms with Crippen LogP contribution in [0, 0.1) is 0 Å². The van der Waals surface area contributed by atoms with Gasteiger partial charge in [-0.05, 0) is 56.3 Å². The number of benzene rings is 8. The molecule has 0 bridgehead atoms. The van der Waals surface area contributed by atoms with E-state index in [1.54, 1.807) is 0 Å². The van der Waals surface area contributed by atoms with Gasteiger partial charge in [-0.1, -0.05) is 176 Å². The summed E-state index contributed by atoms with van der Waals surface area (Å²) >= 11 is 0. The Morgan fingerprint density at radius 3 is 1.85 bits per heavy atom. The maximum absolute atomic E-state index is 6.57. The summed E-state index contributed by atoms with van der Waals surface area (Å²) in [6, 6.07) is 66.6. The van der Waals surface area contributed by atoms with Crippen molar-refractivity contribution < 1.29 is 4.74 Å². The largest absolute Gasteiger partial charge is 0.457 e. The Morgan fingerprint density at radius 2 is 1.06 bits per heavy atom. The number of nitrogens with zero attached hydrogens (tertiary/aromatic N) is 2. The molecule has 1 aliphatic carbocycles. The second-order valence-corrected chi connectivity index (χ2v) is 14.1. The molecule has 4 nitrogen and oxygen atoms in total. The molecule has 0 saturated carbocycles. The van der Waals surface area contributed by atoms with Gasteiger partial charge in [0.1, 0.15) is 23.5 Å². The quantitative estimate of drug-likeness (QED) is 0.200. The number of hydrogen-bond donors (Lipinski definition) is 1. The number of ether oxygens (including phenoxy) is 1. The smallest absolute Gasteiger partial charge is 0.159 e. The fourth-order valence-electron chi connectivity index (χ4n) is 8.92. The fourth-order valence-corrected chi connectivity index (χ4v) is 8.92. The van der Waals surface area contributed by atoms with Crippen molar-refractivity contribution in [1.29, 1.82) is 0 Å². The SMILES string of the molecule is c1ccc(C2=NC(c3cccc4c3-c3ccccc3C43c4ccccc4Oc4ccccc43)NC(c3ccc(-c4cccc5ccccc45)cc3)=N2)cc1. The molecule has 11 rings (SSSR count). The highest BCUT2D eigenvalue weighted by atomic mass is 16.5. The molecule has 2 heterocycles. The van der Waals surface area contributed by atoms with E-state index in [0.29, 0.717) is 5.84 Å². The van der Waals surface area contributed by atoms with Crippen LogP contribution in [0.4, 0.5) is 0 Å². The summed E-state index contributed by atoms with van der Waals surface area (Å²) in [7, 11) is 0. The molecule has 1 atom stereocenters. The molecule has 0 amide bonds. The van der Waals surface area contributed by atoms with Crippen molar-refractivity contribution in [3.63, 3.8) is 0 Å². The first kappa shape index (κ1) is 30.6. The third kappa shape index (κ3) is 4.50. The lowest BCUT2D eigenvalue weighted by Crippen LogP contribution is -2.34. The van der Waals surface area contributed by atoms with E-state index in [1.165, 1.54) is 44.2 Å². The van der Waals surface area contributed by atoms with Crippen LogP contribution >= 0.6 is 0 Å². The average Bonchev–Trinajstić information content (AvgIpc) is 3.54. The summed E-state index contributed by atoms with van der Waals surface area (Å²) in [4.78, 5) is 10.5. The predicted octanol–water partition coefficient (Wildman–Crippen LogP) is 11.5. The van der Waals surface area contributed by atoms with E-state index in [9.17, 15) is 0 Å². The Bertz CT molecular complexity index is 2790. The summed E-state index contributed by atoms with van der Waals surface area (Å²) in [5, 5.41) is 6.28. The molecule has 0 aromatic heterocycles. The van der Waals surface area contributed by atoms with Gasteiger partial charge in [-0.15, -0.1) is 0 Å². The second kappa shape index (κ2) is 12.0. The monoisotopic (exact) mass is 691 g/mol. The highest BCUT2D eigenvalue weighted by Crippen LogP contribution is 2.62. The molecule has 8 aromatic rings. The number of nitrogens with one attached hydrogen (secondary N) is 1. The Balaban J connectivity index is 1.08. The minimum absolute atomic E-state index is 0.395. The van der Waals surface area contributed by atoms with E-state index in [2.05, 4.69) is 175 Å². The molecule has 254 valence electrons. The molecule has 54 heavy (non-hydrogen) atoms. The number of rotatable bonds is 4. The van der Waals surface area contributed by atoms with Gasteiger partial charge in [-0.2, -0.15) is 0 Å². The fraction of sp³-hybridized carbons (Fsp3) is 0.0400. The van der Waals surface area contributed by atoms with Crippen LogP contribution < -0.4 is 10.1 Å². The van der Waals surface area contributed by atoms with Crippen molar-refractivity contribution in [2.24, 2.45) is 9.98 Å². The van der Waals surface area contributed by atoms with E-state index in [0.717, 1.165) is 45.2 Å². The maximum atomic E-state index is 6.57. The zero-order chi connectivity index (χ0) is 35.6. The summed E-state index contributed by atoms with van der Waals surface area (Å²) < 4.78 is 6.57. The van der Waals surface area contributed by atoms with Gasteiger partial charge in [0.15, 0.2) is 5.84 Å². The lowest BCUT2D eigenvalue weighted by molar-refractivity contribution is 0.436. The minimum atomic E-state index is -0.553. The molecule has 0 radical (unpaired) electrons. The zero-order valence-corrected chi connectivity index (χ0v) is 29.3. The van der Waals surface area contributed by atoms with Gasteiger partial charge in [0.05, 0.1) is 5.41 Å². The molecule has 1 spiro atoms. The lowest BCUT2D eigenvalue weighted by Gasteiger charge is -2.39. The molecule has 2 aliphatic heterocycles. The topological polar surface area (TPSA) is 46.0 Å². The van der Waals surface area contributed by atoms with Crippen molar-refractivity contribution >= 4 is 22.4 Å². The molecular formula is C50H33N3O. The van der Waals surface area contributed by atoms with Crippen LogP contribution in [0.3, 0.4) is 0 Å². The van der Waals surface area contributed by atoms with E-state index in [4.69, 9.17) is 14.7 Å². The minimum Gasteiger partial charge on any atom is -0.457 e. The first-order chi connectivity index (χ1) is 26.8. The van der Waals surface area contributed by atoms with Gasteiger partial charge in [-0.25, -0.2) is 9.98 Å². The van der Waals surface area contributed by atoms with Crippen LogP contribution in [0.5, 0.6) is 11.5 Å². The van der Waals surface area contributed by atoms with Crippen molar-refractivity contribution in [3.05, 3.63) is 227 Å². The summed E-state index contributed by atoms with van der Waals surface area (Å²) in [6.45, 7) is 0. The average molecular weight is 692 g/mol. The van der Waals surface area contributed by atoms with E-state index in [1.807, 2.05) is 18.2 Å². The van der Waals surface area contributed by atoms with Crippen LogP contribution in [0.2, 0.25) is 0 Å². The number of amidine groups is 2. The molecule has 0 fully saturated rings. The van der Waals surface area contributed by atoms with E-state index < -0.39 is 11.6 Å². The van der Waals surface area contributed by atoms with Crippen molar-refractivity contribution in [1.82, 2.24) is 5.32 Å². The van der Waals surface area contributed by atoms with Crippen LogP contribution in [-0.2, 0) is 5.41 Å². The van der Waals surface area contributed by atoms with Gasteiger partial charge in [0, 0.05) is 27.8 Å². The normalized spacial score (nSPS) is 15.9. The van der Waals surface area contributed by atoms with Crippen molar-refractivity contribution in [2.45, 2.75) is 11.6 Å².